The van der Waals surface area contributed by atoms with Crippen molar-refractivity contribution in [1.82, 2.24) is 0 Å². The minimum atomic E-state index is -3.44. The third-order valence-electron chi connectivity index (χ3n) is 4.49. The van der Waals surface area contributed by atoms with Gasteiger partial charge in [0.05, 0.1) is 20.0 Å². The SMILES string of the molecule is CCS(=O)(=O)Nc1cccc(C(=O)Nc2ccc(OC)c(Oc3ccc(OC)cc3)c2)c1. The van der Waals surface area contributed by atoms with Gasteiger partial charge in [0.2, 0.25) is 10.0 Å². The molecular formula is C23H24N2O6S. The molecule has 0 heterocycles. The van der Waals surface area contributed by atoms with E-state index in [-0.39, 0.29) is 5.75 Å². The number of hydrogen-bond donors (Lipinski definition) is 2. The fourth-order valence-corrected chi connectivity index (χ4v) is 3.41. The first-order chi connectivity index (χ1) is 15.3. The van der Waals surface area contributed by atoms with Crippen molar-refractivity contribution in [3.63, 3.8) is 0 Å². The number of methoxy groups -OCH3 is 2. The van der Waals surface area contributed by atoms with Crippen LogP contribution in [0.4, 0.5) is 11.4 Å². The van der Waals surface area contributed by atoms with Crippen LogP contribution in [0.5, 0.6) is 23.0 Å². The Bertz CT molecular complexity index is 1190. The van der Waals surface area contributed by atoms with Crippen LogP contribution in [0.1, 0.15) is 17.3 Å². The second-order valence-corrected chi connectivity index (χ2v) is 8.69. The molecule has 1 amide bonds. The molecule has 0 saturated heterocycles. The molecule has 0 aliphatic rings. The summed E-state index contributed by atoms with van der Waals surface area (Å²) in [4.78, 5) is 12.7. The first-order valence-electron chi connectivity index (χ1n) is 9.75. The van der Waals surface area contributed by atoms with Gasteiger partial charge in [-0.3, -0.25) is 9.52 Å². The monoisotopic (exact) mass is 456 g/mol. The van der Waals surface area contributed by atoms with E-state index < -0.39 is 15.9 Å². The molecule has 168 valence electrons. The summed E-state index contributed by atoms with van der Waals surface area (Å²) in [6.45, 7) is 1.54. The van der Waals surface area contributed by atoms with Gasteiger partial charge in [0.25, 0.3) is 5.91 Å². The molecular weight excluding hydrogens is 432 g/mol. The van der Waals surface area contributed by atoms with Crippen molar-refractivity contribution in [2.24, 2.45) is 0 Å². The molecule has 3 rings (SSSR count). The van der Waals surface area contributed by atoms with E-state index >= 15 is 0 Å². The summed E-state index contributed by atoms with van der Waals surface area (Å²) >= 11 is 0. The Labute approximate surface area is 187 Å². The van der Waals surface area contributed by atoms with Crippen LogP contribution in [0.25, 0.3) is 0 Å². The highest BCUT2D eigenvalue weighted by molar-refractivity contribution is 7.92. The van der Waals surface area contributed by atoms with Gasteiger partial charge < -0.3 is 19.5 Å². The highest BCUT2D eigenvalue weighted by atomic mass is 32.2. The minimum absolute atomic E-state index is 0.0632. The summed E-state index contributed by atoms with van der Waals surface area (Å²) in [5.41, 5.74) is 1.10. The Balaban J connectivity index is 1.78. The van der Waals surface area contributed by atoms with Crippen LogP contribution in [0.3, 0.4) is 0 Å². The average molecular weight is 457 g/mol. The summed E-state index contributed by atoms with van der Waals surface area (Å²) in [6.07, 6.45) is 0. The average Bonchev–Trinajstić information content (AvgIpc) is 2.79. The molecule has 0 radical (unpaired) electrons. The topological polar surface area (TPSA) is 103 Å². The third-order valence-corrected chi connectivity index (χ3v) is 5.79. The Morgan fingerprint density at radius 1 is 0.844 bits per heavy atom. The predicted octanol–water partition coefficient (Wildman–Crippen LogP) is 4.51. The van der Waals surface area contributed by atoms with E-state index in [0.29, 0.717) is 39.9 Å². The number of carbonyl (C=O) groups excluding carboxylic acids is 1. The van der Waals surface area contributed by atoms with Crippen molar-refractivity contribution in [2.75, 3.05) is 30.0 Å². The van der Waals surface area contributed by atoms with Crippen molar-refractivity contribution in [1.29, 1.82) is 0 Å². The molecule has 3 aromatic carbocycles. The lowest BCUT2D eigenvalue weighted by atomic mass is 10.2. The summed E-state index contributed by atoms with van der Waals surface area (Å²) < 4.78 is 42.4. The fourth-order valence-electron chi connectivity index (χ4n) is 2.78. The van der Waals surface area contributed by atoms with Crippen LogP contribution < -0.4 is 24.2 Å². The Hall–Kier alpha value is -3.72. The van der Waals surface area contributed by atoms with E-state index in [0.717, 1.165) is 0 Å². The van der Waals surface area contributed by atoms with Gasteiger partial charge in [-0.1, -0.05) is 6.07 Å². The molecule has 0 aromatic heterocycles. The standard InChI is InChI=1S/C23H24N2O6S/c1-4-32(27,28)25-18-7-5-6-16(14-18)23(26)24-17-8-13-21(30-3)22(15-17)31-20-11-9-19(29-2)10-12-20/h5-15,25H,4H2,1-3H3,(H,24,26). The van der Waals surface area contributed by atoms with Crippen LogP contribution in [0.2, 0.25) is 0 Å². The lowest BCUT2D eigenvalue weighted by molar-refractivity contribution is 0.102. The molecule has 9 heteroatoms. The van der Waals surface area contributed by atoms with Crippen LogP contribution in [-0.4, -0.2) is 34.3 Å². The first-order valence-corrected chi connectivity index (χ1v) is 11.4. The van der Waals surface area contributed by atoms with E-state index in [4.69, 9.17) is 14.2 Å². The molecule has 3 aromatic rings. The molecule has 0 aliphatic carbocycles. The largest absolute Gasteiger partial charge is 0.497 e. The van der Waals surface area contributed by atoms with Crippen LogP contribution in [0.15, 0.2) is 66.7 Å². The van der Waals surface area contributed by atoms with Gasteiger partial charge in [-0.05, 0) is 61.5 Å². The Kier molecular flexibility index (Phi) is 7.21. The maximum Gasteiger partial charge on any atom is 0.255 e. The quantitative estimate of drug-likeness (QED) is 0.491. The number of hydrogen-bond acceptors (Lipinski definition) is 6. The summed E-state index contributed by atoms with van der Waals surface area (Å²) in [5, 5.41) is 2.79. The van der Waals surface area contributed by atoms with Gasteiger partial charge in [-0.2, -0.15) is 0 Å². The van der Waals surface area contributed by atoms with E-state index in [1.165, 1.54) is 20.1 Å². The minimum Gasteiger partial charge on any atom is -0.497 e. The van der Waals surface area contributed by atoms with Gasteiger partial charge >= 0.3 is 0 Å². The first kappa shape index (κ1) is 23.0. The third kappa shape index (κ3) is 5.92. The van der Waals surface area contributed by atoms with Gasteiger partial charge in [0, 0.05) is 23.0 Å². The van der Waals surface area contributed by atoms with Crippen LogP contribution in [-0.2, 0) is 10.0 Å². The predicted molar refractivity (Wildman–Crippen MR) is 124 cm³/mol. The van der Waals surface area contributed by atoms with Crippen molar-refractivity contribution in [3.8, 4) is 23.0 Å². The molecule has 0 bridgehead atoms. The number of nitrogens with one attached hydrogen (secondary N) is 2. The van der Waals surface area contributed by atoms with E-state index in [1.807, 2.05) is 0 Å². The zero-order valence-electron chi connectivity index (χ0n) is 17.9. The molecule has 0 unspecified atom stereocenters. The summed E-state index contributed by atoms with van der Waals surface area (Å²) in [6, 6.07) is 18.3. The number of carbonyl (C=O) groups is 1. The maximum absolute atomic E-state index is 12.7. The molecule has 0 fully saturated rings. The second-order valence-electron chi connectivity index (χ2n) is 6.68. The van der Waals surface area contributed by atoms with Crippen molar-refractivity contribution >= 4 is 27.3 Å². The number of benzene rings is 3. The van der Waals surface area contributed by atoms with E-state index in [2.05, 4.69) is 10.0 Å². The molecule has 0 saturated carbocycles. The summed E-state index contributed by atoms with van der Waals surface area (Å²) in [5.74, 6) is 1.72. The highest BCUT2D eigenvalue weighted by Crippen LogP contribution is 2.34. The Morgan fingerprint density at radius 2 is 1.56 bits per heavy atom. The van der Waals surface area contributed by atoms with E-state index in [1.54, 1.807) is 67.8 Å². The van der Waals surface area contributed by atoms with E-state index in [9.17, 15) is 13.2 Å². The second kappa shape index (κ2) is 10.1. The zero-order valence-corrected chi connectivity index (χ0v) is 18.7. The molecule has 8 nitrogen and oxygen atoms in total. The molecule has 0 spiro atoms. The van der Waals surface area contributed by atoms with Crippen LogP contribution >= 0.6 is 0 Å². The van der Waals surface area contributed by atoms with Crippen molar-refractivity contribution < 1.29 is 27.4 Å². The summed E-state index contributed by atoms with van der Waals surface area (Å²) in [7, 11) is -0.333. The molecule has 2 N–H and O–H groups in total. The van der Waals surface area contributed by atoms with Crippen molar-refractivity contribution in [2.45, 2.75) is 6.92 Å². The smallest absolute Gasteiger partial charge is 0.255 e. The normalized spacial score (nSPS) is 10.8. The van der Waals surface area contributed by atoms with Crippen molar-refractivity contribution in [3.05, 3.63) is 72.3 Å². The van der Waals surface area contributed by atoms with Gasteiger partial charge in [-0.25, -0.2) is 8.42 Å². The number of anilines is 2. The number of sulfonamides is 1. The lowest BCUT2D eigenvalue weighted by Gasteiger charge is -2.13. The number of ether oxygens (including phenoxy) is 3. The molecule has 0 atom stereocenters. The van der Waals surface area contributed by atoms with Crippen LogP contribution in [0, 0.1) is 0 Å². The molecule has 32 heavy (non-hydrogen) atoms. The van der Waals surface area contributed by atoms with Gasteiger partial charge in [0.1, 0.15) is 11.5 Å². The number of amides is 1. The fraction of sp³-hybridized carbons (Fsp3) is 0.174. The highest BCUT2D eigenvalue weighted by Gasteiger charge is 2.13. The zero-order chi connectivity index (χ0) is 23.1. The lowest BCUT2D eigenvalue weighted by Crippen LogP contribution is -2.16. The number of rotatable bonds is 9. The van der Waals surface area contributed by atoms with Gasteiger partial charge in [0.15, 0.2) is 11.5 Å². The van der Waals surface area contributed by atoms with Gasteiger partial charge in [-0.15, -0.1) is 0 Å². The maximum atomic E-state index is 12.7. The molecule has 0 aliphatic heterocycles. The Morgan fingerprint density at radius 3 is 2.22 bits per heavy atom.